The second-order valence-electron chi connectivity index (χ2n) is 3.19. The molecule has 0 fully saturated rings. The lowest BCUT2D eigenvalue weighted by Crippen LogP contribution is -2.22. The third-order valence-electron chi connectivity index (χ3n) is 2.03. The van der Waals surface area contributed by atoms with Gasteiger partial charge in [-0.1, -0.05) is 0 Å². The molecule has 1 aromatic carbocycles. The van der Waals surface area contributed by atoms with Crippen LogP contribution in [-0.4, -0.2) is 31.5 Å². The second kappa shape index (κ2) is 7.22. The van der Waals surface area contributed by atoms with Crippen LogP contribution in [0.15, 0.2) is 22.7 Å². The quantitative estimate of drug-likeness (QED) is 0.495. The molecule has 0 spiro atoms. The molecule has 6 heteroatoms. The zero-order valence-corrected chi connectivity index (χ0v) is 10.7. The Bertz CT molecular complexity index is 409. The van der Waals surface area contributed by atoms with Crippen LogP contribution in [-0.2, 0) is 4.74 Å². The van der Waals surface area contributed by atoms with E-state index in [-0.39, 0.29) is 19.0 Å². The molecule has 0 amide bonds. The predicted molar refractivity (Wildman–Crippen MR) is 65.0 cm³/mol. The summed E-state index contributed by atoms with van der Waals surface area (Å²) < 4.78 is 18.4. The van der Waals surface area contributed by atoms with E-state index >= 15 is 0 Å². The summed E-state index contributed by atoms with van der Waals surface area (Å²) in [6.45, 7) is 0.874. The monoisotopic (exact) mass is 302 g/mol. The van der Waals surface area contributed by atoms with Crippen molar-refractivity contribution < 1.29 is 14.2 Å². The van der Waals surface area contributed by atoms with Crippen LogP contribution in [0.2, 0.25) is 0 Å². The van der Waals surface area contributed by atoms with Crippen LogP contribution in [0, 0.1) is 17.3 Å². The fourth-order valence-corrected chi connectivity index (χ4v) is 1.58. The van der Waals surface area contributed by atoms with Gasteiger partial charge in [-0.05, 0) is 34.1 Å². The third-order valence-corrected chi connectivity index (χ3v) is 2.64. The summed E-state index contributed by atoms with van der Waals surface area (Å²) in [6, 6.07) is 4.35. The molecule has 0 bridgehead atoms. The van der Waals surface area contributed by atoms with E-state index in [1.54, 1.807) is 0 Å². The molecule has 0 unspecified atom stereocenters. The summed E-state index contributed by atoms with van der Waals surface area (Å²) in [5, 5.41) is 17.5. The zero-order chi connectivity index (χ0) is 12.7. The molecule has 0 aliphatic heterocycles. The van der Waals surface area contributed by atoms with Crippen molar-refractivity contribution in [3.63, 3.8) is 0 Å². The second-order valence-corrected chi connectivity index (χ2v) is 4.04. The maximum atomic E-state index is 13.0. The first-order valence-corrected chi connectivity index (χ1v) is 5.79. The van der Waals surface area contributed by atoms with Gasteiger partial charge in [0.25, 0.3) is 0 Å². The molecule has 0 aromatic heterocycles. The normalized spacial score (nSPS) is 10.0. The van der Waals surface area contributed by atoms with E-state index in [0.29, 0.717) is 23.3 Å². The standard InChI is InChI=1S/C11H12BrFN2O2/c12-10-7-9(1-2-11(10)13)15(8-14)3-5-17-6-4-16/h1-2,7,16H,3-6H2. The van der Waals surface area contributed by atoms with Gasteiger partial charge in [0.15, 0.2) is 6.19 Å². The highest BCUT2D eigenvalue weighted by molar-refractivity contribution is 9.10. The van der Waals surface area contributed by atoms with Crippen molar-refractivity contribution in [2.45, 2.75) is 0 Å². The van der Waals surface area contributed by atoms with Crippen LogP contribution in [0.4, 0.5) is 10.1 Å². The van der Waals surface area contributed by atoms with E-state index in [1.807, 2.05) is 6.19 Å². The van der Waals surface area contributed by atoms with E-state index in [9.17, 15) is 4.39 Å². The molecule has 0 saturated heterocycles. The minimum absolute atomic E-state index is 0.0470. The van der Waals surface area contributed by atoms with Crippen molar-refractivity contribution in [3.05, 3.63) is 28.5 Å². The number of aliphatic hydroxyl groups is 1. The topological polar surface area (TPSA) is 56.5 Å². The van der Waals surface area contributed by atoms with Gasteiger partial charge in [-0.3, -0.25) is 4.90 Å². The van der Waals surface area contributed by atoms with Crippen molar-refractivity contribution >= 4 is 21.6 Å². The number of ether oxygens (including phenoxy) is 1. The van der Waals surface area contributed by atoms with Crippen LogP contribution in [0.1, 0.15) is 0 Å². The fourth-order valence-electron chi connectivity index (χ4n) is 1.21. The van der Waals surface area contributed by atoms with Crippen molar-refractivity contribution in [1.29, 1.82) is 5.26 Å². The summed E-state index contributed by atoms with van der Waals surface area (Å²) in [5.41, 5.74) is 0.591. The van der Waals surface area contributed by atoms with Crippen LogP contribution in [0.3, 0.4) is 0 Å². The lowest BCUT2D eigenvalue weighted by Gasteiger charge is -2.15. The van der Waals surface area contributed by atoms with E-state index < -0.39 is 0 Å². The van der Waals surface area contributed by atoms with E-state index in [0.717, 1.165) is 0 Å². The number of aliphatic hydroxyl groups excluding tert-OH is 1. The number of nitrogens with zero attached hydrogens (tertiary/aromatic N) is 2. The molecule has 92 valence electrons. The molecule has 0 saturated carbocycles. The number of hydrogen-bond donors (Lipinski definition) is 1. The van der Waals surface area contributed by atoms with Gasteiger partial charge in [-0.2, -0.15) is 5.26 Å². The van der Waals surface area contributed by atoms with Gasteiger partial charge in [0, 0.05) is 0 Å². The van der Waals surface area contributed by atoms with Crippen LogP contribution >= 0.6 is 15.9 Å². The van der Waals surface area contributed by atoms with Crippen LogP contribution in [0.5, 0.6) is 0 Å². The van der Waals surface area contributed by atoms with Crippen LogP contribution in [0.25, 0.3) is 0 Å². The fraction of sp³-hybridized carbons (Fsp3) is 0.364. The molecular weight excluding hydrogens is 291 g/mol. The Morgan fingerprint density at radius 1 is 1.47 bits per heavy atom. The molecule has 0 aliphatic carbocycles. The number of hydrogen-bond acceptors (Lipinski definition) is 4. The average Bonchev–Trinajstić information content (AvgIpc) is 2.33. The van der Waals surface area contributed by atoms with Crippen molar-refractivity contribution in [1.82, 2.24) is 0 Å². The largest absolute Gasteiger partial charge is 0.394 e. The van der Waals surface area contributed by atoms with Crippen molar-refractivity contribution in [2.75, 3.05) is 31.3 Å². The van der Waals surface area contributed by atoms with Crippen LogP contribution < -0.4 is 4.90 Å². The molecule has 17 heavy (non-hydrogen) atoms. The number of rotatable bonds is 6. The highest BCUT2D eigenvalue weighted by Gasteiger charge is 2.07. The smallest absolute Gasteiger partial charge is 0.184 e. The number of benzene rings is 1. The number of halogens is 2. The lowest BCUT2D eigenvalue weighted by atomic mass is 10.3. The molecule has 1 aromatic rings. The summed E-state index contributed by atoms with van der Waals surface area (Å²) in [5.74, 6) is -0.372. The van der Waals surface area contributed by atoms with Gasteiger partial charge in [0.05, 0.1) is 36.5 Å². The first-order valence-electron chi connectivity index (χ1n) is 5.00. The molecule has 1 N–H and O–H groups in total. The zero-order valence-electron chi connectivity index (χ0n) is 9.07. The number of nitriles is 1. The Morgan fingerprint density at radius 3 is 2.82 bits per heavy atom. The van der Waals surface area contributed by atoms with Gasteiger partial charge in [0.2, 0.25) is 0 Å². The first-order chi connectivity index (χ1) is 8.19. The summed E-state index contributed by atoms with van der Waals surface area (Å²) in [7, 11) is 0. The third kappa shape index (κ3) is 4.30. The summed E-state index contributed by atoms with van der Waals surface area (Å²) in [4.78, 5) is 1.39. The highest BCUT2D eigenvalue weighted by atomic mass is 79.9. The molecule has 0 radical (unpaired) electrons. The first kappa shape index (κ1) is 13.9. The van der Waals surface area contributed by atoms with Crippen molar-refractivity contribution in [2.24, 2.45) is 0 Å². The average molecular weight is 303 g/mol. The number of anilines is 1. The molecule has 1 rings (SSSR count). The minimum atomic E-state index is -0.372. The van der Waals surface area contributed by atoms with E-state index in [4.69, 9.17) is 15.1 Å². The van der Waals surface area contributed by atoms with Gasteiger partial charge in [-0.25, -0.2) is 4.39 Å². The molecule has 0 aliphatic rings. The lowest BCUT2D eigenvalue weighted by molar-refractivity contribution is 0.0976. The Hall–Kier alpha value is -1.16. The summed E-state index contributed by atoms with van der Waals surface area (Å²) >= 11 is 3.06. The minimum Gasteiger partial charge on any atom is -0.394 e. The van der Waals surface area contributed by atoms with Gasteiger partial charge in [0.1, 0.15) is 5.82 Å². The predicted octanol–water partition coefficient (Wildman–Crippen LogP) is 1.88. The van der Waals surface area contributed by atoms with E-state index in [1.165, 1.54) is 23.1 Å². The maximum absolute atomic E-state index is 13.0. The van der Waals surface area contributed by atoms with Gasteiger partial charge < -0.3 is 9.84 Å². The van der Waals surface area contributed by atoms with Gasteiger partial charge >= 0.3 is 0 Å². The Kier molecular flexibility index (Phi) is 5.91. The molecule has 4 nitrogen and oxygen atoms in total. The van der Waals surface area contributed by atoms with Crippen molar-refractivity contribution in [3.8, 4) is 6.19 Å². The summed E-state index contributed by atoms with van der Waals surface area (Å²) in [6.07, 6.45) is 1.99. The van der Waals surface area contributed by atoms with E-state index in [2.05, 4.69) is 15.9 Å². The SMILES string of the molecule is N#CN(CCOCCO)c1ccc(F)c(Br)c1. The maximum Gasteiger partial charge on any atom is 0.184 e. The highest BCUT2D eigenvalue weighted by Crippen LogP contribution is 2.22. The Morgan fingerprint density at radius 2 is 2.24 bits per heavy atom. The molecular formula is C11H12BrFN2O2. The van der Waals surface area contributed by atoms with Gasteiger partial charge in [-0.15, -0.1) is 0 Å². The Labute approximate surface area is 107 Å². The Balaban J connectivity index is 2.61. The molecule has 0 heterocycles. The molecule has 0 atom stereocenters.